The molecule has 0 aromatic heterocycles. The second-order valence-electron chi connectivity index (χ2n) is 5.18. The van der Waals surface area contributed by atoms with Gasteiger partial charge in [0.15, 0.2) is 0 Å². The van der Waals surface area contributed by atoms with Crippen molar-refractivity contribution in [3.05, 3.63) is 0 Å². The van der Waals surface area contributed by atoms with Crippen LogP contribution in [0.5, 0.6) is 0 Å². The molecule has 18 heavy (non-hydrogen) atoms. The van der Waals surface area contributed by atoms with Crippen LogP contribution in [0.25, 0.3) is 0 Å². The molecule has 4 heteroatoms. The Morgan fingerprint density at radius 3 is 1.83 bits per heavy atom. The summed E-state index contributed by atoms with van der Waals surface area (Å²) in [6.07, 6.45) is 0. The molecule has 1 unspecified atom stereocenters. The van der Waals surface area contributed by atoms with Gasteiger partial charge in [0.1, 0.15) is 0 Å². The van der Waals surface area contributed by atoms with Crippen LogP contribution in [-0.2, 0) is 9.47 Å². The highest BCUT2D eigenvalue weighted by Crippen LogP contribution is 2.17. The van der Waals surface area contributed by atoms with Crippen LogP contribution in [0, 0.1) is 5.92 Å². The van der Waals surface area contributed by atoms with E-state index in [1.54, 1.807) is 0 Å². The van der Waals surface area contributed by atoms with Crippen molar-refractivity contribution < 1.29 is 14.6 Å². The summed E-state index contributed by atoms with van der Waals surface area (Å²) in [5.74, 6) is 0.235. The van der Waals surface area contributed by atoms with E-state index < -0.39 is 5.60 Å². The number of rotatable bonds is 11. The van der Waals surface area contributed by atoms with Crippen molar-refractivity contribution in [3.63, 3.8) is 0 Å². The molecule has 0 aromatic rings. The molecule has 0 fully saturated rings. The molecule has 0 spiro atoms. The summed E-state index contributed by atoms with van der Waals surface area (Å²) in [6.45, 7) is 15.2. The van der Waals surface area contributed by atoms with E-state index in [0.29, 0.717) is 19.8 Å². The van der Waals surface area contributed by atoms with E-state index in [1.807, 2.05) is 34.6 Å². The minimum absolute atomic E-state index is 0.235. The molecule has 110 valence electrons. The predicted octanol–water partition coefficient (Wildman–Crippen LogP) is 1.77. The number of aliphatic hydroxyl groups is 1. The highest BCUT2D eigenvalue weighted by Gasteiger charge is 2.27. The van der Waals surface area contributed by atoms with Gasteiger partial charge in [0.05, 0.1) is 18.8 Å². The lowest BCUT2D eigenvalue weighted by atomic mass is 9.92. The fraction of sp³-hybridized carbons (Fsp3) is 1.00. The molecular formula is C14H31NO3. The van der Waals surface area contributed by atoms with E-state index in [1.165, 1.54) is 0 Å². The van der Waals surface area contributed by atoms with E-state index in [2.05, 4.69) is 4.90 Å². The Hall–Kier alpha value is -0.160. The van der Waals surface area contributed by atoms with Gasteiger partial charge in [0.2, 0.25) is 0 Å². The zero-order valence-electron chi connectivity index (χ0n) is 12.7. The van der Waals surface area contributed by atoms with Gasteiger partial charge in [-0.25, -0.2) is 0 Å². The van der Waals surface area contributed by atoms with Gasteiger partial charge < -0.3 is 14.6 Å². The normalized spacial score (nSPS) is 15.3. The molecule has 0 bridgehead atoms. The Balaban J connectivity index is 4.18. The zero-order valence-corrected chi connectivity index (χ0v) is 12.7. The van der Waals surface area contributed by atoms with Crippen molar-refractivity contribution in [2.45, 2.75) is 40.2 Å². The van der Waals surface area contributed by atoms with Gasteiger partial charge in [-0.1, -0.05) is 13.8 Å². The lowest BCUT2D eigenvalue weighted by Crippen LogP contribution is -2.46. The van der Waals surface area contributed by atoms with Crippen molar-refractivity contribution in [1.29, 1.82) is 0 Å². The molecule has 4 nitrogen and oxygen atoms in total. The molecule has 0 radical (unpaired) electrons. The minimum Gasteiger partial charge on any atom is -0.389 e. The van der Waals surface area contributed by atoms with Gasteiger partial charge >= 0.3 is 0 Å². The molecule has 0 aliphatic rings. The number of ether oxygens (including phenoxy) is 2. The van der Waals surface area contributed by atoms with E-state index in [9.17, 15) is 5.11 Å². The smallest absolute Gasteiger partial charge is 0.0768 e. The van der Waals surface area contributed by atoms with Gasteiger partial charge in [-0.05, 0) is 26.7 Å². The Morgan fingerprint density at radius 2 is 1.50 bits per heavy atom. The molecule has 1 atom stereocenters. The zero-order chi connectivity index (χ0) is 14.0. The van der Waals surface area contributed by atoms with Crippen molar-refractivity contribution in [2.75, 3.05) is 46.1 Å². The second kappa shape index (κ2) is 9.73. The van der Waals surface area contributed by atoms with Gasteiger partial charge in [-0.15, -0.1) is 0 Å². The van der Waals surface area contributed by atoms with Crippen molar-refractivity contribution in [1.82, 2.24) is 4.90 Å². The Labute approximate surface area is 112 Å². The van der Waals surface area contributed by atoms with Gasteiger partial charge in [-0.2, -0.15) is 0 Å². The maximum absolute atomic E-state index is 10.4. The van der Waals surface area contributed by atoms with Crippen LogP contribution in [0.2, 0.25) is 0 Å². The molecule has 0 rings (SSSR count). The molecule has 0 saturated heterocycles. The first-order valence-corrected chi connectivity index (χ1v) is 7.04. The summed E-state index contributed by atoms with van der Waals surface area (Å²) in [5, 5.41) is 10.4. The largest absolute Gasteiger partial charge is 0.389 e. The van der Waals surface area contributed by atoms with Crippen LogP contribution in [0.3, 0.4) is 0 Å². The first-order chi connectivity index (χ1) is 8.44. The van der Waals surface area contributed by atoms with Crippen LogP contribution < -0.4 is 0 Å². The summed E-state index contributed by atoms with van der Waals surface area (Å²) in [7, 11) is 0. The number of hydrogen-bond donors (Lipinski definition) is 1. The lowest BCUT2D eigenvalue weighted by molar-refractivity contribution is -0.0299. The SMILES string of the molecule is CCOCCN(CCOCC)CC(C)(O)C(C)C. The first-order valence-electron chi connectivity index (χ1n) is 7.04. The van der Waals surface area contributed by atoms with Crippen molar-refractivity contribution >= 4 is 0 Å². The van der Waals surface area contributed by atoms with Crippen LogP contribution in [-0.4, -0.2) is 61.7 Å². The third-order valence-corrected chi connectivity index (χ3v) is 3.30. The molecule has 0 aromatic carbocycles. The molecule has 0 aliphatic carbocycles. The number of nitrogens with zero attached hydrogens (tertiary/aromatic N) is 1. The summed E-state index contributed by atoms with van der Waals surface area (Å²) in [6, 6.07) is 0. The van der Waals surface area contributed by atoms with Crippen LogP contribution in [0.15, 0.2) is 0 Å². The predicted molar refractivity (Wildman–Crippen MR) is 74.9 cm³/mol. The monoisotopic (exact) mass is 261 g/mol. The number of hydrogen-bond acceptors (Lipinski definition) is 4. The third-order valence-electron chi connectivity index (χ3n) is 3.30. The summed E-state index contributed by atoms with van der Waals surface area (Å²) >= 11 is 0. The average molecular weight is 261 g/mol. The second-order valence-corrected chi connectivity index (χ2v) is 5.18. The van der Waals surface area contributed by atoms with Gasteiger partial charge in [-0.3, -0.25) is 4.90 Å². The van der Waals surface area contributed by atoms with Crippen molar-refractivity contribution in [3.8, 4) is 0 Å². The summed E-state index contributed by atoms with van der Waals surface area (Å²) in [5.41, 5.74) is -0.668. The third kappa shape index (κ3) is 8.03. The quantitative estimate of drug-likeness (QED) is 0.576. The van der Waals surface area contributed by atoms with E-state index in [0.717, 1.165) is 26.3 Å². The molecule has 0 heterocycles. The molecule has 0 aliphatic heterocycles. The Bertz CT molecular complexity index is 185. The van der Waals surface area contributed by atoms with Crippen LogP contribution in [0.1, 0.15) is 34.6 Å². The van der Waals surface area contributed by atoms with E-state index >= 15 is 0 Å². The summed E-state index contributed by atoms with van der Waals surface area (Å²) in [4.78, 5) is 2.21. The van der Waals surface area contributed by atoms with Crippen LogP contribution in [0.4, 0.5) is 0 Å². The lowest BCUT2D eigenvalue weighted by Gasteiger charge is -2.34. The Morgan fingerprint density at radius 1 is 1.06 bits per heavy atom. The molecule has 0 saturated carbocycles. The fourth-order valence-corrected chi connectivity index (χ4v) is 1.58. The topological polar surface area (TPSA) is 41.9 Å². The van der Waals surface area contributed by atoms with Crippen molar-refractivity contribution in [2.24, 2.45) is 5.92 Å². The molecular weight excluding hydrogens is 230 g/mol. The average Bonchev–Trinajstić information content (AvgIpc) is 2.28. The summed E-state index contributed by atoms with van der Waals surface area (Å²) < 4.78 is 10.8. The highest BCUT2D eigenvalue weighted by atomic mass is 16.5. The maximum atomic E-state index is 10.4. The minimum atomic E-state index is -0.668. The fourth-order valence-electron chi connectivity index (χ4n) is 1.58. The Kier molecular flexibility index (Phi) is 9.64. The standard InChI is InChI=1S/C14H31NO3/c1-6-17-10-8-15(9-11-18-7-2)12-14(5,16)13(3)4/h13,16H,6-12H2,1-5H3. The maximum Gasteiger partial charge on any atom is 0.0768 e. The molecule has 0 amide bonds. The van der Waals surface area contributed by atoms with Gasteiger partial charge in [0, 0.05) is 32.8 Å². The van der Waals surface area contributed by atoms with E-state index in [4.69, 9.17) is 9.47 Å². The van der Waals surface area contributed by atoms with E-state index in [-0.39, 0.29) is 5.92 Å². The van der Waals surface area contributed by atoms with Crippen LogP contribution >= 0.6 is 0 Å². The first kappa shape index (κ1) is 17.8. The molecule has 1 N–H and O–H groups in total. The highest BCUT2D eigenvalue weighted by molar-refractivity contribution is 4.80. The van der Waals surface area contributed by atoms with Gasteiger partial charge in [0.25, 0.3) is 0 Å².